The smallest absolute Gasteiger partial charge is 0.141 e. The van der Waals surface area contributed by atoms with Crippen molar-refractivity contribution in [3.05, 3.63) is 0 Å². The Hall–Kier alpha value is 0.0569. The highest BCUT2D eigenvalue weighted by Crippen LogP contribution is 2.21. The van der Waals surface area contributed by atoms with E-state index in [1.807, 2.05) is 20.8 Å². The van der Waals surface area contributed by atoms with E-state index in [0.717, 1.165) is 16.7 Å². The summed E-state index contributed by atoms with van der Waals surface area (Å²) in [6, 6.07) is 0.0873. The van der Waals surface area contributed by atoms with Gasteiger partial charge in [-0.2, -0.15) is 0 Å². The van der Waals surface area contributed by atoms with E-state index in [1.54, 1.807) is 0 Å². The SMILES string of the molecule is CCOC([SiH3])(CC(CN)C(C)N)OCC. The molecule has 0 fully saturated rings. The van der Waals surface area contributed by atoms with E-state index in [2.05, 4.69) is 0 Å². The third-order valence-corrected chi connectivity index (χ3v) is 3.56. The van der Waals surface area contributed by atoms with Crippen LogP contribution in [0.2, 0.25) is 0 Å². The molecule has 2 atom stereocenters. The number of rotatable bonds is 8. The monoisotopic (exact) mass is 234 g/mol. The molecule has 0 saturated carbocycles. The van der Waals surface area contributed by atoms with Crippen LogP contribution in [0.5, 0.6) is 0 Å². The lowest BCUT2D eigenvalue weighted by Gasteiger charge is -2.34. The lowest BCUT2D eigenvalue weighted by Crippen LogP contribution is -2.44. The zero-order valence-electron chi connectivity index (χ0n) is 10.5. The van der Waals surface area contributed by atoms with E-state index < -0.39 is 5.41 Å². The Morgan fingerprint density at radius 1 is 1.27 bits per heavy atom. The van der Waals surface area contributed by atoms with Gasteiger partial charge >= 0.3 is 0 Å². The van der Waals surface area contributed by atoms with Gasteiger partial charge in [-0.1, -0.05) is 0 Å². The van der Waals surface area contributed by atoms with Crippen molar-refractivity contribution in [1.29, 1.82) is 0 Å². The first-order valence-electron chi connectivity index (χ1n) is 5.72. The summed E-state index contributed by atoms with van der Waals surface area (Å²) in [6.07, 6.45) is 0.801. The van der Waals surface area contributed by atoms with Crippen LogP contribution in [0.3, 0.4) is 0 Å². The number of hydrogen-bond donors (Lipinski definition) is 2. The molecule has 92 valence electrons. The van der Waals surface area contributed by atoms with E-state index in [0.29, 0.717) is 19.8 Å². The van der Waals surface area contributed by atoms with Gasteiger partial charge in [0.05, 0.1) is 10.2 Å². The molecule has 15 heavy (non-hydrogen) atoms. The van der Waals surface area contributed by atoms with Gasteiger partial charge in [-0.15, -0.1) is 0 Å². The summed E-state index contributed by atoms with van der Waals surface area (Å²) >= 11 is 0. The summed E-state index contributed by atoms with van der Waals surface area (Å²) in [5.74, 6) is 0.264. The summed E-state index contributed by atoms with van der Waals surface area (Å²) in [7, 11) is 0.830. The third kappa shape index (κ3) is 5.63. The second-order valence-corrected chi connectivity index (χ2v) is 5.58. The van der Waals surface area contributed by atoms with Crippen LogP contribution in [-0.4, -0.2) is 41.5 Å². The number of nitrogens with two attached hydrogens (primary N) is 2. The normalized spacial score (nSPS) is 16.6. The van der Waals surface area contributed by atoms with E-state index in [1.165, 1.54) is 0 Å². The van der Waals surface area contributed by atoms with Gasteiger partial charge in [-0.25, -0.2) is 0 Å². The zero-order chi connectivity index (χ0) is 11.9. The van der Waals surface area contributed by atoms with Crippen LogP contribution in [-0.2, 0) is 9.47 Å². The molecule has 0 aromatic heterocycles. The molecule has 4 nitrogen and oxygen atoms in total. The first-order chi connectivity index (χ1) is 6.99. The standard InChI is InChI=1S/C10H26N2O2Si/c1-4-13-10(15,14-5-2)6-9(7-11)8(3)12/h8-9H,4-7,11-12H2,1-3,15H3. The van der Waals surface area contributed by atoms with Crippen LogP contribution < -0.4 is 11.5 Å². The topological polar surface area (TPSA) is 70.5 Å². The minimum atomic E-state index is -0.416. The molecule has 0 radical (unpaired) electrons. The molecule has 0 rings (SSSR count). The maximum atomic E-state index is 5.87. The summed E-state index contributed by atoms with van der Waals surface area (Å²) in [5, 5.41) is 0. The lowest BCUT2D eigenvalue weighted by atomic mass is 9.98. The number of ether oxygens (including phenoxy) is 2. The Bertz CT molecular complexity index is 162. The largest absolute Gasteiger partial charge is 0.355 e. The van der Waals surface area contributed by atoms with Gasteiger partial charge in [0, 0.05) is 25.7 Å². The third-order valence-electron chi connectivity index (χ3n) is 2.58. The average Bonchev–Trinajstić information content (AvgIpc) is 2.14. The Morgan fingerprint density at radius 2 is 1.73 bits per heavy atom. The van der Waals surface area contributed by atoms with E-state index >= 15 is 0 Å². The van der Waals surface area contributed by atoms with E-state index in [4.69, 9.17) is 20.9 Å². The quantitative estimate of drug-likeness (QED) is 0.434. The van der Waals surface area contributed by atoms with Crippen molar-refractivity contribution >= 4 is 10.2 Å². The molecule has 0 bridgehead atoms. The molecule has 0 aliphatic rings. The van der Waals surface area contributed by atoms with Gasteiger partial charge in [0.2, 0.25) is 0 Å². The van der Waals surface area contributed by atoms with Crippen molar-refractivity contribution in [2.24, 2.45) is 17.4 Å². The molecule has 4 N–H and O–H groups in total. The van der Waals surface area contributed by atoms with Crippen LogP contribution in [0.15, 0.2) is 0 Å². The fourth-order valence-electron chi connectivity index (χ4n) is 1.73. The summed E-state index contributed by atoms with van der Waals surface area (Å²) in [6.45, 7) is 7.86. The molecule has 0 aliphatic heterocycles. The maximum Gasteiger partial charge on any atom is 0.141 e. The Morgan fingerprint density at radius 3 is 2.00 bits per heavy atom. The predicted octanol–water partition coefficient (Wildman–Crippen LogP) is -0.609. The summed E-state index contributed by atoms with van der Waals surface area (Å²) in [4.78, 5) is 0. The molecule has 0 heterocycles. The first-order valence-corrected chi connectivity index (χ1v) is 6.72. The van der Waals surface area contributed by atoms with Gasteiger partial charge < -0.3 is 20.9 Å². The summed E-state index contributed by atoms with van der Waals surface area (Å²) < 4.78 is 11.4. The van der Waals surface area contributed by atoms with Crippen molar-refractivity contribution in [3.8, 4) is 0 Å². The molecule has 0 aliphatic carbocycles. The zero-order valence-corrected chi connectivity index (χ0v) is 12.5. The van der Waals surface area contributed by atoms with Crippen molar-refractivity contribution in [2.45, 2.75) is 38.6 Å². The number of hydrogen-bond acceptors (Lipinski definition) is 4. The molecule has 0 aromatic rings. The van der Waals surface area contributed by atoms with Crippen molar-refractivity contribution in [1.82, 2.24) is 0 Å². The first kappa shape index (κ1) is 15.1. The summed E-state index contributed by atoms with van der Waals surface area (Å²) in [5.41, 5.74) is 11.2. The second-order valence-electron chi connectivity index (χ2n) is 4.06. The van der Waals surface area contributed by atoms with Gasteiger partial charge in [0.15, 0.2) is 0 Å². The molecule has 5 heteroatoms. The molecule has 0 saturated heterocycles. The predicted molar refractivity (Wildman–Crippen MR) is 66.7 cm³/mol. The fraction of sp³-hybridized carbons (Fsp3) is 1.00. The highest BCUT2D eigenvalue weighted by molar-refractivity contribution is 6.13. The van der Waals surface area contributed by atoms with Crippen molar-refractivity contribution in [3.63, 3.8) is 0 Å². The van der Waals surface area contributed by atoms with Gasteiger partial charge in [-0.3, -0.25) is 0 Å². The second kappa shape index (κ2) is 7.35. The van der Waals surface area contributed by atoms with Crippen LogP contribution in [0, 0.1) is 5.92 Å². The lowest BCUT2D eigenvalue weighted by molar-refractivity contribution is -0.183. The Labute approximate surface area is 96.1 Å². The fourth-order valence-corrected chi connectivity index (χ4v) is 2.83. The van der Waals surface area contributed by atoms with Gasteiger partial charge in [0.1, 0.15) is 5.41 Å². The van der Waals surface area contributed by atoms with Crippen molar-refractivity contribution < 1.29 is 9.47 Å². The van der Waals surface area contributed by atoms with Crippen LogP contribution >= 0.6 is 0 Å². The highest BCUT2D eigenvalue weighted by Gasteiger charge is 2.29. The Kier molecular flexibility index (Phi) is 7.38. The van der Waals surface area contributed by atoms with Gasteiger partial charge in [-0.05, 0) is 33.2 Å². The van der Waals surface area contributed by atoms with Crippen molar-refractivity contribution in [2.75, 3.05) is 19.8 Å². The maximum absolute atomic E-state index is 5.87. The molecule has 0 spiro atoms. The van der Waals surface area contributed by atoms with Crippen LogP contribution in [0.25, 0.3) is 0 Å². The molecule has 0 amide bonds. The molecular formula is C10H26N2O2Si. The van der Waals surface area contributed by atoms with Crippen LogP contribution in [0.4, 0.5) is 0 Å². The van der Waals surface area contributed by atoms with E-state index in [9.17, 15) is 0 Å². The average molecular weight is 234 g/mol. The minimum absolute atomic E-state index is 0.0873. The van der Waals surface area contributed by atoms with E-state index in [-0.39, 0.29) is 12.0 Å². The Balaban J connectivity index is 4.36. The molecule has 0 aromatic carbocycles. The molecular weight excluding hydrogens is 208 g/mol. The minimum Gasteiger partial charge on any atom is -0.355 e. The van der Waals surface area contributed by atoms with Gasteiger partial charge in [0.25, 0.3) is 0 Å². The van der Waals surface area contributed by atoms with Crippen LogP contribution in [0.1, 0.15) is 27.2 Å². The highest BCUT2D eigenvalue weighted by atomic mass is 28.1. The molecule has 2 unspecified atom stereocenters.